The van der Waals surface area contributed by atoms with Gasteiger partial charge in [-0.05, 0) is 24.7 Å². The van der Waals surface area contributed by atoms with E-state index >= 15 is 0 Å². The Hall–Kier alpha value is -2.47. The third-order valence-corrected chi connectivity index (χ3v) is 4.29. The lowest BCUT2D eigenvalue weighted by Crippen LogP contribution is -2.48. The number of piperazine rings is 1. The fourth-order valence-electron chi connectivity index (χ4n) is 2.80. The molecule has 3 rings (SSSR count). The average Bonchev–Trinajstić information content (AvgIpc) is 2.67. The zero-order valence-corrected chi connectivity index (χ0v) is 14.0. The summed E-state index contributed by atoms with van der Waals surface area (Å²) in [6.07, 6.45) is 5.14. The molecule has 1 fully saturated rings. The number of pyridine rings is 2. The molecule has 6 heteroatoms. The van der Waals surface area contributed by atoms with Crippen molar-refractivity contribution in [2.45, 2.75) is 13.5 Å². The maximum absolute atomic E-state index is 12.6. The second-order valence-electron chi connectivity index (χ2n) is 5.86. The molecule has 6 nitrogen and oxygen atoms in total. The number of hydrogen-bond donors (Lipinski definition) is 1. The van der Waals surface area contributed by atoms with E-state index in [-0.39, 0.29) is 5.91 Å². The standard InChI is InChI=1S/C18H23N5O/c1-2-22-7-9-23(10-8-22)18(24)15-11-17(13-19-12-15)21-14-16-5-3-4-6-20-16/h3-6,11-13,21H,2,7-10,14H2,1H3. The lowest BCUT2D eigenvalue weighted by molar-refractivity contribution is 0.0643. The topological polar surface area (TPSA) is 61.4 Å². The number of nitrogens with zero attached hydrogens (tertiary/aromatic N) is 4. The number of carbonyl (C=O) groups excluding carboxylic acids is 1. The van der Waals surface area contributed by atoms with E-state index in [0.29, 0.717) is 12.1 Å². The largest absolute Gasteiger partial charge is 0.378 e. The van der Waals surface area contributed by atoms with Crippen molar-refractivity contribution >= 4 is 11.6 Å². The minimum absolute atomic E-state index is 0.0553. The first-order valence-corrected chi connectivity index (χ1v) is 8.36. The van der Waals surface area contributed by atoms with E-state index in [1.165, 1.54) is 0 Å². The van der Waals surface area contributed by atoms with Crippen LogP contribution in [0.15, 0.2) is 42.9 Å². The lowest BCUT2D eigenvalue weighted by Gasteiger charge is -2.34. The molecule has 0 aromatic carbocycles. The summed E-state index contributed by atoms with van der Waals surface area (Å²) in [7, 11) is 0. The number of aromatic nitrogens is 2. The average molecular weight is 325 g/mol. The normalized spacial score (nSPS) is 15.3. The van der Waals surface area contributed by atoms with Gasteiger partial charge in [-0.2, -0.15) is 0 Å². The molecule has 0 spiro atoms. The Kier molecular flexibility index (Phi) is 5.38. The summed E-state index contributed by atoms with van der Waals surface area (Å²) in [4.78, 5) is 25.4. The molecule has 24 heavy (non-hydrogen) atoms. The molecule has 1 amide bonds. The van der Waals surface area contributed by atoms with Gasteiger partial charge in [0, 0.05) is 44.8 Å². The molecule has 0 aliphatic carbocycles. The molecular weight excluding hydrogens is 302 g/mol. The Bertz CT molecular complexity index is 668. The smallest absolute Gasteiger partial charge is 0.255 e. The molecule has 0 bridgehead atoms. The van der Waals surface area contributed by atoms with Crippen molar-refractivity contribution in [3.05, 3.63) is 54.1 Å². The molecule has 0 saturated carbocycles. The van der Waals surface area contributed by atoms with Crippen molar-refractivity contribution < 1.29 is 4.79 Å². The van der Waals surface area contributed by atoms with Crippen molar-refractivity contribution in [1.29, 1.82) is 0 Å². The van der Waals surface area contributed by atoms with Gasteiger partial charge < -0.3 is 15.1 Å². The maximum atomic E-state index is 12.6. The number of likely N-dealkylation sites (N-methyl/N-ethyl adjacent to an activating group) is 1. The van der Waals surface area contributed by atoms with Gasteiger partial charge in [-0.25, -0.2) is 0 Å². The highest BCUT2D eigenvalue weighted by atomic mass is 16.2. The molecular formula is C18H23N5O. The molecule has 1 N–H and O–H groups in total. The lowest BCUT2D eigenvalue weighted by atomic mass is 10.2. The second kappa shape index (κ2) is 7.88. The van der Waals surface area contributed by atoms with Crippen LogP contribution >= 0.6 is 0 Å². The highest BCUT2D eigenvalue weighted by molar-refractivity contribution is 5.94. The number of nitrogens with one attached hydrogen (secondary N) is 1. The Morgan fingerprint density at radius 1 is 1.21 bits per heavy atom. The molecule has 3 heterocycles. The maximum Gasteiger partial charge on any atom is 0.255 e. The Morgan fingerprint density at radius 3 is 2.75 bits per heavy atom. The SMILES string of the molecule is CCN1CCN(C(=O)c2cncc(NCc3ccccn3)c2)CC1. The van der Waals surface area contributed by atoms with Crippen molar-refractivity contribution in [2.75, 3.05) is 38.0 Å². The highest BCUT2D eigenvalue weighted by Gasteiger charge is 2.21. The first-order chi connectivity index (χ1) is 11.8. The van der Waals surface area contributed by atoms with Gasteiger partial charge in [0.05, 0.1) is 23.5 Å². The summed E-state index contributed by atoms with van der Waals surface area (Å²) in [5.41, 5.74) is 2.41. The van der Waals surface area contributed by atoms with Crippen molar-refractivity contribution in [3.8, 4) is 0 Å². The summed E-state index contributed by atoms with van der Waals surface area (Å²) in [5, 5.41) is 3.27. The number of carbonyl (C=O) groups is 1. The first-order valence-electron chi connectivity index (χ1n) is 8.36. The van der Waals surface area contributed by atoms with Gasteiger partial charge in [-0.15, -0.1) is 0 Å². The van der Waals surface area contributed by atoms with E-state index in [0.717, 1.165) is 44.1 Å². The van der Waals surface area contributed by atoms with Gasteiger partial charge in [-0.3, -0.25) is 14.8 Å². The molecule has 2 aromatic rings. The molecule has 1 aliphatic heterocycles. The van der Waals surface area contributed by atoms with Gasteiger partial charge in [0.25, 0.3) is 5.91 Å². The predicted molar refractivity (Wildman–Crippen MR) is 93.8 cm³/mol. The van der Waals surface area contributed by atoms with Crippen molar-refractivity contribution in [2.24, 2.45) is 0 Å². The molecule has 1 saturated heterocycles. The van der Waals surface area contributed by atoms with E-state index in [2.05, 4.69) is 27.1 Å². The first kappa shape index (κ1) is 16.4. The van der Waals surface area contributed by atoms with Crippen LogP contribution in [-0.4, -0.2) is 58.4 Å². The fraction of sp³-hybridized carbons (Fsp3) is 0.389. The minimum Gasteiger partial charge on any atom is -0.378 e. The molecule has 2 aromatic heterocycles. The highest BCUT2D eigenvalue weighted by Crippen LogP contribution is 2.13. The summed E-state index contributed by atoms with van der Waals surface area (Å²) in [6.45, 7) is 7.22. The molecule has 1 aliphatic rings. The van der Waals surface area contributed by atoms with Crippen LogP contribution in [0, 0.1) is 0 Å². The third kappa shape index (κ3) is 4.08. The monoisotopic (exact) mass is 325 g/mol. The van der Waals surface area contributed by atoms with E-state index in [1.807, 2.05) is 29.2 Å². The Balaban J connectivity index is 1.61. The van der Waals surface area contributed by atoms with Crippen LogP contribution in [0.2, 0.25) is 0 Å². The number of hydrogen-bond acceptors (Lipinski definition) is 5. The van der Waals surface area contributed by atoms with Crippen LogP contribution in [0.3, 0.4) is 0 Å². The number of amides is 1. The molecule has 0 radical (unpaired) electrons. The quantitative estimate of drug-likeness (QED) is 0.909. The van der Waals surface area contributed by atoms with Crippen LogP contribution in [0.5, 0.6) is 0 Å². The van der Waals surface area contributed by atoms with Gasteiger partial charge in [-0.1, -0.05) is 13.0 Å². The fourth-order valence-corrected chi connectivity index (χ4v) is 2.80. The number of rotatable bonds is 5. The summed E-state index contributed by atoms with van der Waals surface area (Å²) in [5.74, 6) is 0.0553. The van der Waals surface area contributed by atoms with Gasteiger partial charge >= 0.3 is 0 Å². The summed E-state index contributed by atoms with van der Waals surface area (Å²) >= 11 is 0. The van der Waals surface area contributed by atoms with Crippen molar-refractivity contribution in [1.82, 2.24) is 19.8 Å². The van der Waals surface area contributed by atoms with Gasteiger partial charge in [0.2, 0.25) is 0 Å². The van der Waals surface area contributed by atoms with Crippen LogP contribution in [0.1, 0.15) is 23.0 Å². The van der Waals surface area contributed by atoms with E-state index in [9.17, 15) is 4.79 Å². The van der Waals surface area contributed by atoms with Crippen LogP contribution in [0.4, 0.5) is 5.69 Å². The van der Waals surface area contributed by atoms with Crippen LogP contribution in [-0.2, 0) is 6.54 Å². The van der Waals surface area contributed by atoms with E-state index < -0.39 is 0 Å². The molecule has 0 atom stereocenters. The third-order valence-electron chi connectivity index (χ3n) is 4.29. The van der Waals surface area contributed by atoms with E-state index in [1.54, 1.807) is 18.6 Å². The zero-order chi connectivity index (χ0) is 16.8. The Morgan fingerprint density at radius 2 is 2.04 bits per heavy atom. The van der Waals surface area contributed by atoms with Crippen LogP contribution < -0.4 is 5.32 Å². The Labute approximate surface area is 142 Å². The van der Waals surface area contributed by atoms with Crippen LogP contribution in [0.25, 0.3) is 0 Å². The zero-order valence-electron chi connectivity index (χ0n) is 14.0. The predicted octanol–water partition coefficient (Wildman–Crippen LogP) is 1.87. The second-order valence-corrected chi connectivity index (χ2v) is 5.86. The van der Waals surface area contributed by atoms with Gasteiger partial charge in [0.1, 0.15) is 0 Å². The molecule has 126 valence electrons. The number of anilines is 1. The van der Waals surface area contributed by atoms with Gasteiger partial charge in [0.15, 0.2) is 0 Å². The van der Waals surface area contributed by atoms with E-state index in [4.69, 9.17) is 0 Å². The summed E-state index contributed by atoms with van der Waals surface area (Å²) in [6, 6.07) is 7.67. The summed E-state index contributed by atoms with van der Waals surface area (Å²) < 4.78 is 0. The minimum atomic E-state index is 0.0553. The molecule has 0 unspecified atom stereocenters. The van der Waals surface area contributed by atoms with Crippen molar-refractivity contribution in [3.63, 3.8) is 0 Å².